The average molecular weight is 366 g/mol. The lowest BCUT2D eigenvalue weighted by atomic mass is 10.1. The van der Waals surface area contributed by atoms with Gasteiger partial charge in [-0.3, -0.25) is 4.98 Å². The van der Waals surface area contributed by atoms with Crippen molar-refractivity contribution in [2.45, 2.75) is 6.04 Å². The normalized spacial score (nSPS) is 12.3. The molecule has 1 atom stereocenters. The largest absolute Gasteiger partial charge is 0.337 e. The van der Waals surface area contributed by atoms with Crippen LogP contribution in [0.2, 0.25) is 5.02 Å². The maximum atomic E-state index is 6.13. The Morgan fingerprint density at radius 1 is 1.24 bits per heavy atom. The molecule has 0 radical (unpaired) electrons. The van der Waals surface area contributed by atoms with Crippen LogP contribution in [0.4, 0.5) is 0 Å². The summed E-state index contributed by atoms with van der Waals surface area (Å²) in [6.07, 6.45) is 3.33. The van der Waals surface area contributed by atoms with Crippen molar-refractivity contribution in [1.82, 2.24) is 15.1 Å². The van der Waals surface area contributed by atoms with Crippen LogP contribution in [0, 0.1) is 0 Å². The van der Waals surface area contributed by atoms with Crippen molar-refractivity contribution in [3.05, 3.63) is 63.7 Å². The van der Waals surface area contributed by atoms with Crippen molar-refractivity contribution in [2.24, 2.45) is 5.73 Å². The number of aromatic nitrogens is 3. The van der Waals surface area contributed by atoms with E-state index in [1.54, 1.807) is 18.5 Å². The fourth-order valence-electron chi connectivity index (χ4n) is 1.87. The molecular formula is C14H10BrClN4O. The van der Waals surface area contributed by atoms with Gasteiger partial charge in [0.05, 0.1) is 0 Å². The van der Waals surface area contributed by atoms with E-state index in [-0.39, 0.29) is 0 Å². The quantitative estimate of drug-likeness (QED) is 0.767. The summed E-state index contributed by atoms with van der Waals surface area (Å²) in [5.41, 5.74) is 7.61. The predicted octanol–water partition coefficient (Wildman–Crippen LogP) is 3.60. The van der Waals surface area contributed by atoms with Gasteiger partial charge in [-0.25, -0.2) is 0 Å². The van der Waals surface area contributed by atoms with Gasteiger partial charge in [-0.15, -0.1) is 0 Å². The molecule has 2 N–H and O–H groups in total. The average Bonchev–Trinajstić information content (AvgIpc) is 2.97. The SMILES string of the molecule is N[C@@H](c1nc(-c2cncc(Br)c2)no1)c1ccccc1Cl. The second-order valence-corrected chi connectivity index (χ2v) is 5.67. The molecule has 1 aromatic carbocycles. The number of hydrogen-bond donors (Lipinski definition) is 1. The van der Waals surface area contributed by atoms with Crippen LogP contribution in [0.15, 0.2) is 51.7 Å². The van der Waals surface area contributed by atoms with Crippen LogP contribution in [0.5, 0.6) is 0 Å². The molecule has 0 aliphatic rings. The lowest BCUT2D eigenvalue weighted by molar-refractivity contribution is 0.367. The van der Waals surface area contributed by atoms with Gasteiger partial charge in [0, 0.05) is 27.5 Å². The smallest absolute Gasteiger partial charge is 0.248 e. The molecule has 3 aromatic rings. The highest BCUT2D eigenvalue weighted by Crippen LogP contribution is 2.27. The van der Waals surface area contributed by atoms with Crippen molar-refractivity contribution >= 4 is 27.5 Å². The van der Waals surface area contributed by atoms with Gasteiger partial charge < -0.3 is 10.3 Å². The third kappa shape index (κ3) is 2.97. The fourth-order valence-corrected chi connectivity index (χ4v) is 2.49. The van der Waals surface area contributed by atoms with E-state index in [0.29, 0.717) is 16.7 Å². The Balaban J connectivity index is 1.93. The number of pyridine rings is 1. The molecular weight excluding hydrogens is 356 g/mol. The first-order valence-electron chi connectivity index (χ1n) is 6.09. The monoisotopic (exact) mass is 364 g/mol. The molecule has 0 spiro atoms. The molecule has 2 aromatic heterocycles. The molecule has 0 saturated carbocycles. The van der Waals surface area contributed by atoms with E-state index in [9.17, 15) is 0 Å². The zero-order chi connectivity index (χ0) is 14.8. The highest BCUT2D eigenvalue weighted by Gasteiger charge is 2.19. The molecule has 5 nitrogen and oxygen atoms in total. The standard InChI is InChI=1S/C14H10BrClN4O/c15-9-5-8(6-18-7-9)13-19-14(21-20-13)12(17)10-3-1-2-4-11(10)16/h1-7,12H,17H2/t12-/m1/s1. The van der Waals surface area contributed by atoms with E-state index >= 15 is 0 Å². The van der Waals surface area contributed by atoms with Gasteiger partial charge in [-0.2, -0.15) is 4.98 Å². The topological polar surface area (TPSA) is 77.8 Å². The Hall–Kier alpha value is -1.76. The summed E-state index contributed by atoms with van der Waals surface area (Å²) >= 11 is 9.48. The van der Waals surface area contributed by atoms with Crippen molar-refractivity contribution in [2.75, 3.05) is 0 Å². The van der Waals surface area contributed by atoms with Crippen molar-refractivity contribution in [3.8, 4) is 11.4 Å². The second-order valence-electron chi connectivity index (χ2n) is 4.35. The Morgan fingerprint density at radius 2 is 2.05 bits per heavy atom. The number of benzene rings is 1. The molecule has 0 aliphatic carbocycles. The van der Waals surface area contributed by atoms with E-state index in [4.69, 9.17) is 21.9 Å². The van der Waals surface area contributed by atoms with Crippen molar-refractivity contribution in [1.29, 1.82) is 0 Å². The fraction of sp³-hybridized carbons (Fsp3) is 0.0714. The number of hydrogen-bond acceptors (Lipinski definition) is 5. The maximum absolute atomic E-state index is 6.13. The summed E-state index contributed by atoms with van der Waals surface area (Å²) in [6, 6.07) is 8.58. The Morgan fingerprint density at radius 3 is 2.81 bits per heavy atom. The molecule has 3 rings (SSSR count). The van der Waals surface area contributed by atoms with E-state index in [1.165, 1.54) is 0 Å². The van der Waals surface area contributed by atoms with Crippen LogP contribution < -0.4 is 5.73 Å². The minimum Gasteiger partial charge on any atom is -0.337 e. The molecule has 21 heavy (non-hydrogen) atoms. The minimum atomic E-state index is -0.569. The molecule has 106 valence electrons. The number of rotatable bonds is 3. The summed E-state index contributed by atoms with van der Waals surface area (Å²) in [5.74, 6) is 0.736. The Bertz CT molecular complexity index is 777. The van der Waals surface area contributed by atoms with Gasteiger partial charge in [0.25, 0.3) is 0 Å². The molecule has 0 unspecified atom stereocenters. The molecule has 0 bridgehead atoms. The number of nitrogens with zero attached hydrogens (tertiary/aromatic N) is 3. The van der Waals surface area contributed by atoms with Crippen molar-refractivity contribution < 1.29 is 4.52 Å². The number of nitrogens with two attached hydrogens (primary N) is 1. The summed E-state index contributed by atoms with van der Waals surface area (Å²) in [6.45, 7) is 0. The second kappa shape index (κ2) is 5.93. The van der Waals surface area contributed by atoms with Gasteiger partial charge in [0.15, 0.2) is 0 Å². The van der Waals surface area contributed by atoms with Crippen LogP contribution in [0.25, 0.3) is 11.4 Å². The predicted molar refractivity (Wildman–Crippen MR) is 82.7 cm³/mol. The zero-order valence-electron chi connectivity index (χ0n) is 10.7. The summed E-state index contributed by atoms with van der Waals surface area (Å²) in [4.78, 5) is 8.38. The number of halogens is 2. The first-order valence-corrected chi connectivity index (χ1v) is 7.27. The first-order chi connectivity index (χ1) is 10.1. The summed E-state index contributed by atoms with van der Waals surface area (Å²) < 4.78 is 6.08. The van der Waals surface area contributed by atoms with E-state index in [2.05, 4.69) is 31.1 Å². The van der Waals surface area contributed by atoms with Crippen LogP contribution in [-0.2, 0) is 0 Å². The molecule has 0 amide bonds. The highest BCUT2D eigenvalue weighted by molar-refractivity contribution is 9.10. The maximum Gasteiger partial charge on any atom is 0.248 e. The molecule has 0 aliphatic heterocycles. The van der Waals surface area contributed by atoms with E-state index in [0.717, 1.165) is 15.6 Å². The summed E-state index contributed by atoms with van der Waals surface area (Å²) in [7, 11) is 0. The van der Waals surface area contributed by atoms with Gasteiger partial charge >= 0.3 is 0 Å². The minimum absolute atomic E-state index is 0.304. The molecule has 0 saturated heterocycles. The van der Waals surface area contributed by atoms with Gasteiger partial charge in [0.1, 0.15) is 6.04 Å². The molecule has 0 fully saturated rings. The lowest BCUT2D eigenvalue weighted by Gasteiger charge is -2.08. The molecule has 7 heteroatoms. The lowest BCUT2D eigenvalue weighted by Crippen LogP contribution is -2.12. The third-order valence-electron chi connectivity index (χ3n) is 2.91. The van der Waals surface area contributed by atoms with Crippen molar-refractivity contribution in [3.63, 3.8) is 0 Å². The Labute approximate surface area is 134 Å². The van der Waals surface area contributed by atoms with E-state index in [1.807, 2.05) is 24.3 Å². The van der Waals surface area contributed by atoms with Gasteiger partial charge in [0.2, 0.25) is 11.7 Å². The Kier molecular flexibility index (Phi) is 4.01. The third-order valence-corrected chi connectivity index (χ3v) is 3.69. The van der Waals surface area contributed by atoms with Crippen LogP contribution >= 0.6 is 27.5 Å². The van der Waals surface area contributed by atoms with Gasteiger partial charge in [-0.1, -0.05) is 35.0 Å². The zero-order valence-corrected chi connectivity index (χ0v) is 13.0. The van der Waals surface area contributed by atoms with E-state index < -0.39 is 6.04 Å². The van der Waals surface area contributed by atoms with Crippen LogP contribution in [0.3, 0.4) is 0 Å². The van der Waals surface area contributed by atoms with Crippen LogP contribution in [-0.4, -0.2) is 15.1 Å². The first kappa shape index (κ1) is 14.2. The highest BCUT2D eigenvalue weighted by atomic mass is 79.9. The molecule has 2 heterocycles. The van der Waals surface area contributed by atoms with Crippen LogP contribution in [0.1, 0.15) is 17.5 Å². The summed E-state index contributed by atoms with van der Waals surface area (Å²) in [5, 5.41) is 4.50. The van der Waals surface area contributed by atoms with Gasteiger partial charge in [-0.05, 0) is 33.6 Å².